The molecule has 9 heteroatoms. The first-order chi connectivity index (χ1) is 15.8. The molecule has 2 aromatic heterocycles. The number of H-pyrrole nitrogens is 1. The number of nitrogens with zero attached hydrogens (tertiary/aromatic N) is 4. The number of hydrogen-bond donors (Lipinski definition) is 2. The van der Waals surface area contributed by atoms with Gasteiger partial charge in [-0.15, -0.1) is 0 Å². The number of rotatable bonds is 8. The molecule has 9 nitrogen and oxygen atoms in total. The number of ether oxygens (including phenoxy) is 1. The topological polar surface area (TPSA) is 105 Å². The summed E-state index contributed by atoms with van der Waals surface area (Å²) in [6.45, 7) is 2.57. The van der Waals surface area contributed by atoms with Crippen molar-refractivity contribution in [2.75, 3.05) is 18.6 Å². The minimum absolute atomic E-state index is 0.0377. The molecule has 4 aromatic rings. The van der Waals surface area contributed by atoms with Crippen molar-refractivity contribution in [3.63, 3.8) is 0 Å². The highest BCUT2D eigenvalue weighted by molar-refractivity contribution is 5.74. The predicted octanol–water partition coefficient (Wildman–Crippen LogP) is 1.81. The molecule has 2 heterocycles. The van der Waals surface area contributed by atoms with Gasteiger partial charge in [0.2, 0.25) is 5.95 Å². The third-order valence-corrected chi connectivity index (χ3v) is 5.51. The Morgan fingerprint density at radius 2 is 1.82 bits per heavy atom. The van der Waals surface area contributed by atoms with Crippen LogP contribution in [0.1, 0.15) is 11.1 Å². The molecular weight excluding hydrogens is 422 g/mol. The summed E-state index contributed by atoms with van der Waals surface area (Å²) >= 11 is 0. The Morgan fingerprint density at radius 1 is 1.12 bits per heavy atom. The Kier molecular flexibility index (Phi) is 6.32. The van der Waals surface area contributed by atoms with E-state index in [1.54, 1.807) is 11.6 Å². The van der Waals surface area contributed by atoms with Gasteiger partial charge in [0.05, 0.1) is 6.54 Å². The molecule has 0 aliphatic carbocycles. The van der Waals surface area contributed by atoms with Crippen molar-refractivity contribution in [3.8, 4) is 5.75 Å². The number of aromatic nitrogens is 4. The van der Waals surface area contributed by atoms with Crippen molar-refractivity contribution in [1.82, 2.24) is 19.1 Å². The van der Waals surface area contributed by atoms with Crippen LogP contribution in [0.2, 0.25) is 0 Å². The number of imidazole rings is 1. The second kappa shape index (κ2) is 9.33. The highest BCUT2D eigenvalue weighted by Crippen LogP contribution is 2.22. The molecule has 172 valence electrons. The van der Waals surface area contributed by atoms with Gasteiger partial charge in [-0.05, 0) is 24.1 Å². The van der Waals surface area contributed by atoms with E-state index in [0.717, 1.165) is 11.1 Å². The number of aryl methyl sites for hydroxylation is 2. The number of anilines is 1. The smallest absolute Gasteiger partial charge is 0.329 e. The Labute approximate surface area is 190 Å². The fourth-order valence-corrected chi connectivity index (χ4v) is 3.78. The summed E-state index contributed by atoms with van der Waals surface area (Å²) in [4.78, 5) is 33.6. The molecule has 0 bridgehead atoms. The number of para-hydroxylation sites is 1. The molecular formula is C24H27N5O4. The first-order valence-electron chi connectivity index (χ1n) is 10.7. The summed E-state index contributed by atoms with van der Waals surface area (Å²) in [7, 11) is 3.41. The number of aliphatic hydroxyl groups excluding tert-OH is 1. The van der Waals surface area contributed by atoms with Crippen LogP contribution < -0.4 is 20.9 Å². The molecule has 0 saturated carbocycles. The summed E-state index contributed by atoms with van der Waals surface area (Å²) in [6, 6.07) is 17.4. The van der Waals surface area contributed by atoms with Crippen LogP contribution >= 0.6 is 0 Å². The predicted molar refractivity (Wildman–Crippen MR) is 127 cm³/mol. The lowest BCUT2D eigenvalue weighted by Gasteiger charge is -2.21. The Morgan fingerprint density at radius 3 is 2.55 bits per heavy atom. The van der Waals surface area contributed by atoms with Crippen LogP contribution in [0.5, 0.6) is 5.75 Å². The molecule has 0 saturated heterocycles. The molecule has 0 aliphatic rings. The number of benzene rings is 2. The summed E-state index contributed by atoms with van der Waals surface area (Å²) in [6.07, 6.45) is -0.914. The molecule has 0 unspecified atom stereocenters. The maximum atomic E-state index is 12.7. The zero-order valence-electron chi connectivity index (χ0n) is 18.9. The van der Waals surface area contributed by atoms with Gasteiger partial charge in [-0.25, -0.2) is 4.79 Å². The van der Waals surface area contributed by atoms with Gasteiger partial charge >= 0.3 is 5.69 Å². The maximum Gasteiger partial charge on any atom is 0.329 e. The number of hydrogen-bond acceptors (Lipinski definition) is 6. The molecule has 0 radical (unpaired) electrons. The van der Waals surface area contributed by atoms with E-state index in [1.165, 1.54) is 4.57 Å². The van der Waals surface area contributed by atoms with Crippen molar-refractivity contribution in [3.05, 3.63) is 86.6 Å². The summed E-state index contributed by atoms with van der Waals surface area (Å²) in [5, 5.41) is 10.8. The van der Waals surface area contributed by atoms with Gasteiger partial charge in [-0.1, -0.05) is 48.5 Å². The maximum absolute atomic E-state index is 12.7. The van der Waals surface area contributed by atoms with E-state index >= 15 is 0 Å². The third-order valence-electron chi connectivity index (χ3n) is 5.51. The molecule has 0 fully saturated rings. The molecule has 4 rings (SSSR count). The van der Waals surface area contributed by atoms with Crippen LogP contribution in [0.3, 0.4) is 0 Å². The van der Waals surface area contributed by atoms with Gasteiger partial charge < -0.3 is 19.3 Å². The molecule has 33 heavy (non-hydrogen) atoms. The monoisotopic (exact) mass is 449 g/mol. The van der Waals surface area contributed by atoms with E-state index in [4.69, 9.17) is 4.74 Å². The van der Waals surface area contributed by atoms with Crippen molar-refractivity contribution >= 4 is 17.1 Å². The minimum atomic E-state index is -0.914. The first-order valence-corrected chi connectivity index (χ1v) is 10.7. The van der Waals surface area contributed by atoms with Crippen LogP contribution in [-0.2, 0) is 20.1 Å². The molecule has 0 amide bonds. The van der Waals surface area contributed by atoms with E-state index in [1.807, 2.05) is 73.5 Å². The van der Waals surface area contributed by atoms with Gasteiger partial charge in [-0.2, -0.15) is 4.98 Å². The quantitative estimate of drug-likeness (QED) is 0.425. The van der Waals surface area contributed by atoms with Crippen LogP contribution in [0, 0.1) is 6.92 Å². The third kappa shape index (κ3) is 4.68. The SMILES string of the molecule is Cc1ccccc1OC[C@H](O)Cn1c(N(C)Cc2ccccc2)nc2c1c(=O)[nH]c(=O)n2C. The fourth-order valence-electron chi connectivity index (χ4n) is 3.78. The zero-order valence-corrected chi connectivity index (χ0v) is 18.9. The second-order valence-electron chi connectivity index (χ2n) is 8.08. The highest BCUT2D eigenvalue weighted by Gasteiger charge is 2.22. The summed E-state index contributed by atoms with van der Waals surface area (Å²) in [5.74, 6) is 1.16. The molecule has 1 atom stereocenters. The van der Waals surface area contributed by atoms with Gasteiger partial charge in [-0.3, -0.25) is 14.3 Å². The van der Waals surface area contributed by atoms with E-state index in [9.17, 15) is 14.7 Å². The van der Waals surface area contributed by atoms with Crippen molar-refractivity contribution in [2.45, 2.75) is 26.1 Å². The lowest BCUT2D eigenvalue weighted by Crippen LogP contribution is -2.31. The van der Waals surface area contributed by atoms with Gasteiger partial charge in [0.15, 0.2) is 11.2 Å². The second-order valence-corrected chi connectivity index (χ2v) is 8.08. The van der Waals surface area contributed by atoms with E-state index in [-0.39, 0.29) is 24.3 Å². The van der Waals surface area contributed by atoms with Crippen LogP contribution in [0.25, 0.3) is 11.2 Å². The molecule has 0 aliphatic heterocycles. The van der Waals surface area contributed by atoms with Gasteiger partial charge in [0.25, 0.3) is 5.56 Å². The van der Waals surface area contributed by atoms with Crippen molar-refractivity contribution in [2.24, 2.45) is 7.05 Å². The normalized spacial score (nSPS) is 12.1. The van der Waals surface area contributed by atoms with Gasteiger partial charge in [0.1, 0.15) is 18.5 Å². The molecule has 2 aromatic carbocycles. The highest BCUT2D eigenvalue weighted by atomic mass is 16.5. The molecule has 2 N–H and O–H groups in total. The van der Waals surface area contributed by atoms with E-state index < -0.39 is 17.4 Å². The Bertz CT molecular complexity index is 1370. The Balaban J connectivity index is 1.68. The Hall–Kier alpha value is -3.85. The average Bonchev–Trinajstić information content (AvgIpc) is 3.17. The largest absolute Gasteiger partial charge is 0.491 e. The number of fused-ring (bicyclic) bond motifs is 1. The number of nitrogens with one attached hydrogen (secondary N) is 1. The lowest BCUT2D eigenvalue weighted by atomic mass is 10.2. The average molecular weight is 450 g/mol. The van der Waals surface area contributed by atoms with Crippen LogP contribution in [0.4, 0.5) is 5.95 Å². The summed E-state index contributed by atoms with van der Waals surface area (Å²) < 4.78 is 8.73. The standard InChI is InChI=1S/C24H27N5O4/c1-16-9-7-8-12-19(16)33-15-18(30)14-29-20-21(28(3)24(32)26-22(20)31)25-23(29)27(2)13-17-10-5-4-6-11-17/h4-12,18,30H,13-15H2,1-3H3,(H,26,31,32)/t18-/m1/s1. The number of aromatic amines is 1. The van der Waals surface area contributed by atoms with E-state index in [0.29, 0.717) is 18.2 Å². The number of aliphatic hydroxyl groups is 1. The van der Waals surface area contributed by atoms with Gasteiger partial charge in [0, 0.05) is 20.6 Å². The fraction of sp³-hybridized carbons (Fsp3) is 0.292. The van der Waals surface area contributed by atoms with Crippen LogP contribution in [-0.4, -0.2) is 44.0 Å². The minimum Gasteiger partial charge on any atom is -0.491 e. The van der Waals surface area contributed by atoms with Crippen LogP contribution in [0.15, 0.2) is 64.2 Å². The zero-order chi connectivity index (χ0) is 23.5. The summed E-state index contributed by atoms with van der Waals surface area (Å²) in [5.41, 5.74) is 1.41. The van der Waals surface area contributed by atoms with Crippen molar-refractivity contribution < 1.29 is 9.84 Å². The van der Waals surface area contributed by atoms with E-state index in [2.05, 4.69) is 9.97 Å². The van der Waals surface area contributed by atoms with Crippen molar-refractivity contribution in [1.29, 1.82) is 0 Å². The first kappa shape index (κ1) is 22.3. The lowest BCUT2D eigenvalue weighted by molar-refractivity contribution is 0.0933. The molecule has 0 spiro atoms.